The first-order chi connectivity index (χ1) is 33.4. The molecule has 0 bridgehead atoms. The highest BCUT2D eigenvalue weighted by Gasteiger charge is 2.27. The van der Waals surface area contributed by atoms with Crippen LogP contribution >= 0.6 is 7.82 Å². The normalized spacial score (nSPS) is 14.6. The second-order valence-corrected chi connectivity index (χ2v) is 20.8. The number of carbonyl (C=O) groups excluding carboxylic acids is 2. The maximum Gasteiger partial charge on any atom is 0.306 e. The molecule has 1 N–H and O–H groups in total. The van der Waals surface area contributed by atoms with Gasteiger partial charge in [0, 0.05) is 12.8 Å². The summed E-state index contributed by atoms with van der Waals surface area (Å²) in [5.41, 5.74) is 0. The zero-order valence-corrected chi connectivity index (χ0v) is 45.9. The highest BCUT2D eigenvalue weighted by atomic mass is 31.2. The number of ether oxygens (including phenoxy) is 1. The number of likely N-dealkylation sites (N-methyl/N-ethyl adjacent to an activating group) is 1. The number of nitrogens with one attached hydrogen (secondary N) is 1. The van der Waals surface area contributed by atoms with E-state index in [4.69, 9.17) is 13.8 Å². The molecule has 0 saturated heterocycles. The molecule has 0 rings (SSSR count). The van der Waals surface area contributed by atoms with E-state index in [2.05, 4.69) is 111 Å². The summed E-state index contributed by atoms with van der Waals surface area (Å²) in [5.74, 6) is -0.631. The lowest BCUT2D eigenvalue weighted by molar-refractivity contribution is -0.870. The van der Waals surface area contributed by atoms with Crippen LogP contribution in [-0.4, -0.2) is 69.4 Å². The van der Waals surface area contributed by atoms with Crippen LogP contribution in [0.4, 0.5) is 0 Å². The van der Waals surface area contributed by atoms with Gasteiger partial charge in [0.2, 0.25) is 5.91 Å². The number of hydrogen-bond acceptors (Lipinski definition) is 7. The van der Waals surface area contributed by atoms with Crippen LogP contribution in [0.2, 0.25) is 0 Å². The lowest BCUT2D eigenvalue weighted by Crippen LogP contribution is -2.47. The summed E-state index contributed by atoms with van der Waals surface area (Å²) in [6.07, 6.45) is 63.8. The van der Waals surface area contributed by atoms with Crippen molar-refractivity contribution in [2.24, 2.45) is 0 Å². The molecule has 0 aliphatic carbocycles. The Kier molecular flexibility index (Phi) is 46.4. The molecule has 0 fully saturated rings. The standard InChI is InChI=1S/C59H103N2O7P/c1-7-10-13-16-19-22-25-27-29-30-32-34-37-40-43-46-49-52-59(63)68-57(50-47-44-41-38-35-24-21-18-15-12-9-3)56(55-67-69(64,65)66-54-53-61(4,5)6)60-58(62)51-48-45-42-39-36-33-31-28-26-23-20-17-14-11-8-2/h10,13,19-20,22-23,26-29,32,34,40,43,47,50,56-57H,7-9,11-12,14-18,21,24-25,30-31,33,35-39,41-42,44-46,48-49,51-55H2,1-6H3,(H-,60,62,64,65)/b13-10-,22-19-,23-20+,28-26+,29-27-,34-32-,43-40-,50-47+. The number of esters is 1. The van der Waals surface area contributed by atoms with Gasteiger partial charge in [0.05, 0.1) is 33.8 Å². The van der Waals surface area contributed by atoms with Gasteiger partial charge in [-0.25, -0.2) is 0 Å². The van der Waals surface area contributed by atoms with E-state index in [-0.39, 0.29) is 25.4 Å². The van der Waals surface area contributed by atoms with E-state index in [0.29, 0.717) is 23.9 Å². The van der Waals surface area contributed by atoms with Gasteiger partial charge in [0.1, 0.15) is 19.3 Å². The minimum Gasteiger partial charge on any atom is -0.756 e. The number of allylic oxidation sites excluding steroid dienone is 15. The largest absolute Gasteiger partial charge is 0.756 e. The van der Waals surface area contributed by atoms with Crippen LogP contribution in [0.25, 0.3) is 0 Å². The maximum absolute atomic E-state index is 13.4. The fourth-order valence-electron chi connectivity index (χ4n) is 7.25. The van der Waals surface area contributed by atoms with Crippen molar-refractivity contribution in [1.29, 1.82) is 0 Å². The number of hydrogen-bond donors (Lipinski definition) is 1. The van der Waals surface area contributed by atoms with Gasteiger partial charge in [0.25, 0.3) is 7.82 Å². The molecule has 0 aromatic heterocycles. The number of rotatable bonds is 48. The van der Waals surface area contributed by atoms with Gasteiger partial charge in [-0.3, -0.25) is 14.2 Å². The number of amides is 1. The summed E-state index contributed by atoms with van der Waals surface area (Å²) in [5, 5.41) is 2.99. The molecule has 0 radical (unpaired) electrons. The van der Waals surface area contributed by atoms with Crippen LogP contribution in [-0.2, 0) is 27.9 Å². The second-order valence-electron chi connectivity index (χ2n) is 19.4. The van der Waals surface area contributed by atoms with E-state index in [1.54, 1.807) is 6.08 Å². The van der Waals surface area contributed by atoms with Gasteiger partial charge < -0.3 is 28.5 Å². The van der Waals surface area contributed by atoms with Crippen molar-refractivity contribution in [3.05, 3.63) is 97.2 Å². The molecule has 3 unspecified atom stereocenters. The quantitative estimate of drug-likeness (QED) is 0.0161. The predicted octanol–water partition coefficient (Wildman–Crippen LogP) is 15.8. The fourth-order valence-corrected chi connectivity index (χ4v) is 7.97. The zero-order chi connectivity index (χ0) is 50.8. The van der Waals surface area contributed by atoms with Gasteiger partial charge in [-0.1, -0.05) is 202 Å². The molecule has 0 heterocycles. The molecule has 3 atom stereocenters. The first-order valence-electron chi connectivity index (χ1n) is 27.6. The summed E-state index contributed by atoms with van der Waals surface area (Å²) in [7, 11) is 1.13. The number of carbonyl (C=O) groups is 2. The van der Waals surface area contributed by atoms with Crippen molar-refractivity contribution >= 4 is 19.7 Å². The molecule has 9 nitrogen and oxygen atoms in total. The van der Waals surface area contributed by atoms with E-state index in [0.717, 1.165) is 103 Å². The van der Waals surface area contributed by atoms with Gasteiger partial charge in [-0.15, -0.1) is 0 Å². The van der Waals surface area contributed by atoms with Gasteiger partial charge >= 0.3 is 5.97 Å². The van der Waals surface area contributed by atoms with Crippen molar-refractivity contribution in [2.75, 3.05) is 40.9 Å². The third kappa shape index (κ3) is 49.7. The Bertz CT molecular complexity index is 1510. The van der Waals surface area contributed by atoms with Crippen LogP contribution in [0.1, 0.15) is 213 Å². The number of phosphoric ester groups is 1. The van der Waals surface area contributed by atoms with E-state index < -0.39 is 32.5 Å². The Morgan fingerprint density at radius 3 is 1.52 bits per heavy atom. The molecule has 0 aromatic carbocycles. The Balaban J connectivity index is 5.48. The highest BCUT2D eigenvalue weighted by Crippen LogP contribution is 2.38. The van der Waals surface area contributed by atoms with Crippen molar-refractivity contribution in [1.82, 2.24) is 5.32 Å². The van der Waals surface area contributed by atoms with Crippen LogP contribution < -0.4 is 10.2 Å². The molecule has 1 amide bonds. The van der Waals surface area contributed by atoms with Crippen molar-refractivity contribution < 1.29 is 37.3 Å². The van der Waals surface area contributed by atoms with E-state index in [9.17, 15) is 19.0 Å². The predicted molar refractivity (Wildman–Crippen MR) is 293 cm³/mol. The molecule has 0 saturated carbocycles. The van der Waals surface area contributed by atoms with Gasteiger partial charge in [-0.05, 0) is 96.0 Å². The average Bonchev–Trinajstić information content (AvgIpc) is 3.31. The third-order valence-corrected chi connectivity index (χ3v) is 12.5. The maximum atomic E-state index is 13.4. The lowest BCUT2D eigenvalue weighted by atomic mass is 10.1. The monoisotopic (exact) mass is 983 g/mol. The third-order valence-electron chi connectivity index (χ3n) is 11.5. The number of phosphoric acid groups is 1. The average molecular weight is 983 g/mol. The molecule has 0 aromatic rings. The Morgan fingerprint density at radius 1 is 0.536 bits per heavy atom. The second kappa shape index (κ2) is 48.6. The Hall–Kier alpha value is -3.07. The van der Waals surface area contributed by atoms with Crippen LogP contribution in [0.3, 0.4) is 0 Å². The van der Waals surface area contributed by atoms with Crippen LogP contribution in [0.15, 0.2) is 97.2 Å². The number of nitrogens with zero attached hydrogens (tertiary/aromatic N) is 1. The van der Waals surface area contributed by atoms with Gasteiger partial charge in [0.15, 0.2) is 0 Å². The summed E-state index contributed by atoms with van der Waals surface area (Å²) in [6, 6.07) is -0.921. The first-order valence-corrected chi connectivity index (χ1v) is 29.0. The molecule has 396 valence electrons. The van der Waals surface area contributed by atoms with Crippen LogP contribution in [0.5, 0.6) is 0 Å². The summed E-state index contributed by atoms with van der Waals surface area (Å²) in [6.45, 7) is 6.62. The molecule has 69 heavy (non-hydrogen) atoms. The summed E-state index contributed by atoms with van der Waals surface area (Å²) in [4.78, 5) is 39.7. The van der Waals surface area contributed by atoms with Crippen molar-refractivity contribution in [3.8, 4) is 0 Å². The molecule has 0 aliphatic heterocycles. The first kappa shape index (κ1) is 65.9. The highest BCUT2D eigenvalue weighted by molar-refractivity contribution is 7.45. The molecular weight excluding hydrogens is 880 g/mol. The number of unbranched alkanes of at least 4 members (excludes halogenated alkanes) is 19. The minimum absolute atomic E-state index is 0.0382. The topological polar surface area (TPSA) is 114 Å². The lowest BCUT2D eigenvalue weighted by Gasteiger charge is -2.30. The Morgan fingerprint density at radius 2 is 0.986 bits per heavy atom. The van der Waals surface area contributed by atoms with E-state index in [1.165, 1.54) is 64.2 Å². The molecular formula is C59H103N2O7P. The molecule has 0 spiro atoms. The molecule has 10 heteroatoms. The van der Waals surface area contributed by atoms with Crippen LogP contribution in [0, 0.1) is 0 Å². The molecule has 0 aliphatic rings. The van der Waals surface area contributed by atoms with Gasteiger partial charge in [-0.2, -0.15) is 0 Å². The fraction of sp³-hybridized carbons (Fsp3) is 0.695. The van der Waals surface area contributed by atoms with Crippen molar-refractivity contribution in [3.63, 3.8) is 0 Å². The Labute approximate surface area is 424 Å². The minimum atomic E-state index is -4.71. The SMILES string of the molecule is CC/C=C\C/C=C\C/C=C\C/C=C\C/C=C\CCCC(=O)OC(/C=C/CCCCCCCCCCC)C(COP(=O)([O-])OCC[N+](C)(C)C)NC(=O)CCCCCCCC/C=C/C=C/CCCCC. The smallest absolute Gasteiger partial charge is 0.306 e. The number of quaternary nitrogens is 1. The van der Waals surface area contributed by atoms with E-state index in [1.807, 2.05) is 27.2 Å². The van der Waals surface area contributed by atoms with Crippen molar-refractivity contribution in [2.45, 2.75) is 226 Å². The summed E-state index contributed by atoms with van der Waals surface area (Å²) >= 11 is 0. The zero-order valence-electron chi connectivity index (χ0n) is 45.0. The summed E-state index contributed by atoms with van der Waals surface area (Å²) < 4.78 is 30.1. The van der Waals surface area contributed by atoms with E-state index >= 15 is 0 Å².